The van der Waals surface area contributed by atoms with Gasteiger partial charge in [0.15, 0.2) is 0 Å². The van der Waals surface area contributed by atoms with Crippen LogP contribution in [0.15, 0.2) is 12.2 Å². The van der Waals surface area contributed by atoms with Crippen molar-refractivity contribution in [2.75, 3.05) is 26.8 Å². The molecule has 1 amide bonds. The summed E-state index contributed by atoms with van der Waals surface area (Å²) in [5.74, 6) is -3.58. The molecule has 0 aromatic heterocycles. The van der Waals surface area contributed by atoms with Crippen molar-refractivity contribution in [3.8, 4) is 0 Å². The number of hydroxylamine groups is 2. The van der Waals surface area contributed by atoms with Gasteiger partial charge in [0.25, 0.3) is 5.96 Å². The van der Waals surface area contributed by atoms with Crippen LogP contribution in [0.5, 0.6) is 0 Å². The van der Waals surface area contributed by atoms with Gasteiger partial charge in [0, 0.05) is 24.4 Å². The number of carbonyl (C=O) groups is 3. The van der Waals surface area contributed by atoms with Gasteiger partial charge < -0.3 is 35.3 Å². The van der Waals surface area contributed by atoms with Gasteiger partial charge in [0.2, 0.25) is 5.91 Å². The standard InChI is InChI=1S/C15H22N4O10/c1-17(15(16)19-28-10(23)2-3-11(24)29-19)4-9(22)18-7(5-20)12(25)14(27)13(26)8(18)6-21/h2-3,7-8,12-14,16,20-21,25-27H,4-6H2,1H3/t7-,8-,12-,13-/m1/s1. The largest absolute Gasteiger partial charge is 0.394 e. The van der Waals surface area contributed by atoms with Gasteiger partial charge in [-0.3, -0.25) is 19.9 Å². The summed E-state index contributed by atoms with van der Waals surface area (Å²) < 4.78 is 0. The Morgan fingerprint density at radius 2 is 1.48 bits per heavy atom. The van der Waals surface area contributed by atoms with Crippen molar-refractivity contribution >= 4 is 23.8 Å². The first kappa shape index (κ1) is 22.5. The average molecular weight is 418 g/mol. The number of aliphatic hydroxyl groups is 5. The molecule has 0 aliphatic carbocycles. The van der Waals surface area contributed by atoms with E-state index >= 15 is 0 Å². The number of aliphatic hydroxyl groups excluding tert-OH is 5. The first-order valence-electron chi connectivity index (χ1n) is 8.41. The quantitative estimate of drug-likeness (QED) is 0.188. The number of hydrogen-bond acceptors (Lipinski definition) is 11. The molecule has 2 aliphatic rings. The van der Waals surface area contributed by atoms with Crippen LogP contribution in [0.4, 0.5) is 0 Å². The molecule has 0 saturated carbocycles. The highest BCUT2D eigenvalue weighted by Crippen LogP contribution is 2.25. The number of likely N-dealkylation sites (tertiary alicyclic amines) is 1. The minimum absolute atomic E-state index is 0.189. The number of hydrogen-bond donors (Lipinski definition) is 6. The minimum Gasteiger partial charge on any atom is -0.394 e. The second kappa shape index (κ2) is 9.15. The predicted molar refractivity (Wildman–Crippen MR) is 90.1 cm³/mol. The van der Waals surface area contributed by atoms with Crippen LogP contribution in [-0.2, 0) is 24.1 Å². The third kappa shape index (κ3) is 4.63. The highest BCUT2D eigenvalue weighted by atomic mass is 17.0. The summed E-state index contributed by atoms with van der Waals surface area (Å²) in [5, 5.41) is 57.1. The maximum absolute atomic E-state index is 12.7. The SMILES string of the molecule is CN(CC(=O)N1[C@H](CO)[C@@H](O)C(O)[C@H](O)[C@H]1CO)C(=N)N1OC(=O)C=CC(=O)O1. The summed E-state index contributed by atoms with van der Waals surface area (Å²) >= 11 is 0. The molecule has 162 valence electrons. The predicted octanol–water partition coefficient (Wildman–Crippen LogP) is -4.71. The molecule has 0 aromatic rings. The van der Waals surface area contributed by atoms with E-state index in [2.05, 4.69) is 9.68 Å². The Morgan fingerprint density at radius 1 is 1.03 bits per heavy atom. The fourth-order valence-electron chi connectivity index (χ4n) is 2.96. The van der Waals surface area contributed by atoms with E-state index in [0.29, 0.717) is 0 Å². The lowest BCUT2D eigenvalue weighted by Gasteiger charge is -2.48. The maximum Gasteiger partial charge on any atom is 0.360 e. The van der Waals surface area contributed by atoms with Crippen molar-refractivity contribution in [2.24, 2.45) is 0 Å². The summed E-state index contributed by atoms with van der Waals surface area (Å²) in [5.41, 5.74) is 0. The van der Waals surface area contributed by atoms with E-state index in [0.717, 1.165) is 22.0 Å². The van der Waals surface area contributed by atoms with Crippen molar-refractivity contribution < 1.29 is 49.6 Å². The van der Waals surface area contributed by atoms with Crippen molar-refractivity contribution in [2.45, 2.75) is 30.4 Å². The fraction of sp³-hybridized carbons (Fsp3) is 0.600. The number of nitrogens with one attached hydrogen (secondary N) is 1. The maximum atomic E-state index is 12.7. The highest BCUT2D eigenvalue weighted by Gasteiger charge is 2.49. The lowest BCUT2D eigenvalue weighted by molar-refractivity contribution is -0.278. The molecule has 29 heavy (non-hydrogen) atoms. The first-order valence-corrected chi connectivity index (χ1v) is 8.41. The van der Waals surface area contributed by atoms with Gasteiger partial charge in [0.1, 0.15) is 18.3 Å². The van der Waals surface area contributed by atoms with Crippen molar-refractivity contribution in [3.05, 3.63) is 12.2 Å². The number of amides is 1. The zero-order valence-corrected chi connectivity index (χ0v) is 15.3. The molecule has 0 unspecified atom stereocenters. The Kier molecular flexibility index (Phi) is 7.10. The van der Waals surface area contributed by atoms with Crippen molar-refractivity contribution in [1.82, 2.24) is 15.0 Å². The number of piperidine rings is 1. The Balaban J connectivity index is 2.14. The van der Waals surface area contributed by atoms with E-state index in [4.69, 9.17) is 5.41 Å². The van der Waals surface area contributed by atoms with Gasteiger partial charge >= 0.3 is 11.9 Å². The molecule has 1 fully saturated rings. The molecular weight excluding hydrogens is 396 g/mol. The minimum atomic E-state index is -1.70. The lowest BCUT2D eigenvalue weighted by Crippen LogP contribution is -2.70. The van der Waals surface area contributed by atoms with Crippen LogP contribution < -0.4 is 0 Å². The molecule has 14 nitrogen and oxygen atoms in total. The molecule has 1 saturated heterocycles. The van der Waals surface area contributed by atoms with Gasteiger partial charge in [-0.1, -0.05) is 0 Å². The van der Waals surface area contributed by atoms with E-state index in [1.54, 1.807) is 0 Å². The van der Waals surface area contributed by atoms with Crippen molar-refractivity contribution in [3.63, 3.8) is 0 Å². The summed E-state index contributed by atoms with van der Waals surface area (Å²) in [6.07, 6.45) is -3.52. The summed E-state index contributed by atoms with van der Waals surface area (Å²) in [4.78, 5) is 46.5. The number of guanidine groups is 1. The number of rotatable bonds is 4. The van der Waals surface area contributed by atoms with Crippen LogP contribution in [0.1, 0.15) is 0 Å². The summed E-state index contributed by atoms with van der Waals surface area (Å²) in [7, 11) is 1.22. The molecule has 2 heterocycles. The van der Waals surface area contributed by atoms with Gasteiger partial charge in [-0.15, -0.1) is 0 Å². The van der Waals surface area contributed by atoms with E-state index in [1.165, 1.54) is 7.05 Å². The first-order chi connectivity index (χ1) is 13.6. The second-order valence-electron chi connectivity index (χ2n) is 6.36. The van der Waals surface area contributed by atoms with E-state index in [1.807, 2.05) is 0 Å². The topological polar surface area (TPSA) is 204 Å². The molecule has 2 aliphatic heterocycles. The van der Waals surface area contributed by atoms with E-state index in [-0.39, 0.29) is 5.23 Å². The monoisotopic (exact) mass is 418 g/mol. The van der Waals surface area contributed by atoms with Crippen LogP contribution >= 0.6 is 0 Å². The molecule has 0 bridgehead atoms. The summed E-state index contributed by atoms with van der Waals surface area (Å²) in [6, 6.07) is -2.67. The number of carbonyl (C=O) groups excluding carboxylic acids is 3. The second-order valence-corrected chi connectivity index (χ2v) is 6.36. The molecule has 4 atom stereocenters. The normalized spacial score (nSPS) is 29.8. The van der Waals surface area contributed by atoms with Gasteiger partial charge in [-0.05, 0) is 0 Å². The smallest absolute Gasteiger partial charge is 0.360 e. The lowest BCUT2D eigenvalue weighted by atomic mass is 9.88. The Bertz CT molecular complexity index is 663. The zero-order valence-electron chi connectivity index (χ0n) is 15.3. The fourth-order valence-corrected chi connectivity index (χ4v) is 2.96. The Hall–Kier alpha value is -2.78. The van der Waals surface area contributed by atoms with Crippen LogP contribution in [-0.4, -0.2) is 122 Å². The highest BCUT2D eigenvalue weighted by molar-refractivity contribution is 5.94. The summed E-state index contributed by atoms with van der Waals surface area (Å²) in [6.45, 7) is -2.18. The molecular formula is C15H22N4O10. The third-order valence-corrected chi connectivity index (χ3v) is 4.47. The zero-order chi connectivity index (χ0) is 21.9. The van der Waals surface area contributed by atoms with Crippen LogP contribution in [0.25, 0.3) is 0 Å². The van der Waals surface area contributed by atoms with Crippen molar-refractivity contribution in [1.29, 1.82) is 5.41 Å². The van der Waals surface area contributed by atoms with Gasteiger partial charge in [0.05, 0.1) is 31.8 Å². The van der Waals surface area contributed by atoms with Gasteiger partial charge in [-0.25, -0.2) is 9.59 Å². The molecule has 0 spiro atoms. The Morgan fingerprint density at radius 3 is 1.90 bits per heavy atom. The molecule has 0 aromatic carbocycles. The van der Waals surface area contributed by atoms with Crippen LogP contribution in [0.2, 0.25) is 0 Å². The Labute approximate surface area is 164 Å². The van der Waals surface area contributed by atoms with Gasteiger partial charge in [-0.2, -0.15) is 0 Å². The number of nitrogens with zero attached hydrogens (tertiary/aromatic N) is 3. The van der Waals surface area contributed by atoms with E-state index in [9.17, 15) is 39.9 Å². The molecule has 6 N–H and O–H groups in total. The average Bonchev–Trinajstić information content (AvgIpc) is 2.85. The van der Waals surface area contributed by atoms with Crippen LogP contribution in [0.3, 0.4) is 0 Å². The van der Waals surface area contributed by atoms with E-state index < -0.39 is 74.0 Å². The number of likely N-dealkylation sites (N-methyl/N-ethyl adjacent to an activating group) is 1. The molecule has 0 radical (unpaired) electrons. The molecule has 2 rings (SSSR count). The molecule has 14 heteroatoms. The third-order valence-electron chi connectivity index (χ3n) is 4.47. The van der Waals surface area contributed by atoms with Crippen LogP contribution in [0, 0.1) is 5.41 Å².